The minimum Gasteiger partial charge on any atom is -0.493 e. The van der Waals surface area contributed by atoms with Crippen molar-refractivity contribution in [1.82, 2.24) is 5.32 Å². The summed E-state index contributed by atoms with van der Waals surface area (Å²) in [5, 5.41) is 2.97. The number of carbonyl (C=O) groups is 2. The van der Waals surface area contributed by atoms with Crippen LogP contribution < -0.4 is 19.7 Å². The third kappa shape index (κ3) is 4.63. The second kappa shape index (κ2) is 9.26. The van der Waals surface area contributed by atoms with Crippen LogP contribution >= 0.6 is 0 Å². The molecule has 2 aromatic carbocycles. The number of methoxy groups -OCH3 is 2. The first-order valence-corrected chi connectivity index (χ1v) is 9.46. The van der Waals surface area contributed by atoms with Crippen LogP contribution in [0.1, 0.15) is 18.4 Å². The normalized spacial score (nSPS) is 16.1. The number of rotatable bonds is 8. The van der Waals surface area contributed by atoms with Gasteiger partial charge in [-0.05, 0) is 30.5 Å². The Labute approximate surface area is 165 Å². The van der Waals surface area contributed by atoms with Crippen LogP contribution in [0, 0.1) is 5.92 Å². The maximum atomic E-state index is 12.5. The Morgan fingerprint density at radius 2 is 1.86 bits per heavy atom. The number of nitrogens with one attached hydrogen (secondary N) is 1. The highest BCUT2D eigenvalue weighted by molar-refractivity contribution is 6.00. The lowest BCUT2D eigenvalue weighted by Crippen LogP contribution is -2.33. The topological polar surface area (TPSA) is 67.9 Å². The number of anilines is 1. The largest absolute Gasteiger partial charge is 0.493 e. The Balaban J connectivity index is 1.53. The smallest absolute Gasteiger partial charge is 0.227 e. The standard InChI is InChI=1S/C22H26N2O4/c1-27-19-11-10-18(14-20(19)28-2)24-15-17(13-21(24)25)22(26)23-12-6-9-16-7-4-3-5-8-16/h3-5,7-8,10-11,14,17H,6,9,12-13,15H2,1-2H3,(H,23,26). The molecule has 0 saturated carbocycles. The maximum Gasteiger partial charge on any atom is 0.227 e. The van der Waals surface area contributed by atoms with E-state index in [1.807, 2.05) is 18.2 Å². The highest BCUT2D eigenvalue weighted by Gasteiger charge is 2.35. The van der Waals surface area contributed by atoms with Crippen LogP contribution in [0.3, 0.4) is 0 Å². The molecule has 0 aliphatic carbocycles. The number of nitrogens with zero attached hydrogens (tertiary/aromatic N) is 1. The molecule has 0 radical (unpaired) electrons. The number of amides is 2. The number of benzene rings is 2. The van der Waals surface area contributed by atoms with Gasteiger partial charge in [0.1, 0.15) is 0 Å². The van der Waals surface area contributed by atoms with E-state index in [1.165, 1.54) is 5.56 Å². The molecule has 3 rings (SSSR count). The molecule has 0 aromatic heterocycles. The molecule has 2 aromatic rings. The fourth-order valence-corrected chi connectivity index (χ4v) is 3.42. The van der Waals surface area contributed by atoms with E-state index in [4.69, 9.17) is 9.47 Å². The van der Waals surface area contributed by atoms with Gasteiger partial charge in [-0.1, -0.05) is 30.3 Å². The maximum absolute atomic E-state index is 12.5. The van der Waals surface area contributed by atoms with Crippen molar-refractivity contribution in [2.24, 2.45) is 5.92 Å². The van der Waals surface area contributed by atoms with E-state index in [2.05, 4.69) is 17.4 Å². The Kier molecular flexibility index (Phi) is 6.53. The van der Waals surface area contributed by atoms with Crippen molar-refractivity contribution >= 4 is 17.5 Å². The number of hydrogen-bond donors (Lipinski definition) is 1. The van der Waals surface area contributed by atoms with Crippen molar-refractivity contribution in [3.63, 3.8) is 0 Å². The molecule has 148 valence electrons. The van der Waals surface area contributed by atoms with Gasteiger partial charge in [-0.15, -0.1) is 0 Å². The first kappa shape index (κ1) is 19.7. The minimum absolute atomic E-state index is 0.0587. The predicted molar refractivity (Wildman–Crippen MR) is 108 cm³/mol. The van der Waals surface area contributed by atoms with E-state index in [1.54, 1.807) is 37.3 Å². The monoisotopic (exact) mass is 382 g/mol. The molecule has 6 nitrogen and oxygen atoms in total. The molecule has 28 heavy (non-hydrogen) atoms. The second-order valence-electron chi connectivity index (χ2n) is 6.82. The van der Waals surface area contributed by atoms with Gasteiger partial charge in [-0.25, -0.2) is 0 Å². The summed E-state index contributed by atoms with van der Waals surface area (Å²) < 4.78 is 10.5. The summed E-state index contributed by atoms with van der Waals surface area (Å²) in [6.45, 7) is 0.980. The van der Waals surface area contributed by atoms with Crippen LogP contribution in [0.25, 0.3) is 0 Å². The van der Waals surface area contributed by atoms with Crippen molar-refractivity contribution in [2.45, 2.75) is 19.3 Å². The van der Waals surface area contributed by atoms with E-state index in [0.29, 0.717) is 30.3 Å². The number of hydrogen-bond acceptors (Lipinski definition) is 4. The van der Waals surface area contributed by atoms with Gasteiger partial charge in [0.15, 0.2) is 11.5 Å². The summed E-state index contributed by atoms with van der Waals surface area (Å²) in [5.41, 5.74) is 1.97. The van der Waals surface area contributed by atoms with Crippen LogP contribution in [0.4, 0.5) is 5.69 Å². The number of ether oxygens (including phenoxy) is 2. The Bertz CT molecular complexity index is 823. The molecule has 1 fully saturated rings. The van der Waals surface area contributed by atoms with Crippen LogP contribution in [0.5, 0.6) is 11.5 Å². The first-order chi connectivity index (χ1) is 13.6. The summed E-state index contributed by atoms with van der Waals surface area (Å²) >= 11 is 0. The van der Waals surface area contributed by atoms with E-state index in [-0.39, 0.29) is 24.2 Å². The summed E-state index contributed by atoms with van der Waals surface area (Å²) in [4.78, 5) is 26.5. The zero-order valence-corrected chi connectivity index (χ0v) is 16.3. The number of carbonyl (C=O) groups excluding carboxylic acids is 2. The SMILES string of the molecule is COc1ccc(N2CC(C(=O)NCCCc3ccccc3)CC2=O)cc1OC. The Hall–Kier alpha value is -3.02. The molecular weight excluding hydrogens is 356 g/mol. The summed E-state index contributed by atoms with van der Waals surface area (Å²) in [6, 6.07) is 15.5. The van der Waals surface area contributed by atoms with Crippen LogP contribution in [0.2, 0.25) is 0 Å². The molecule has 1 aliphatic heterocycles. The lowest BCUT2D eigenvalue weighted by molar-refractivity contribution is -0.126. The van der Waals surface area contributed by atoms with E-state index < -0.39 is 0 Å². The van der Waals surface area contributed by atoms with Gasteiger partial charge in [0.25, 0.3) is 0 Å². The van der Waals surface area contributed by atoms with Gasteiger partial charge in [0.05, 0.1) is 20.1 Å². The van der Waals surface area contributed by atoms with Crippen molar-refractivity contribution in [1.29, 1.82) is 0 Å². The fourth-order valence-electron chi connectivity index (χ4n) is 3.42. The van der Waals surface area contributed by atoms with E-state index >= 15 is 0 Å². The van der Waals surface area contributed by atoms with Gasteiger partial charge in [-0.3, -0.25) is 9.59 Å². The van der Waals surface area contributed by atoms with Gasteiger partial charge < -0.3 is 19.7 Å². The molecule has 1 heterocycles. The first-order valence-electron chi connectivity index (χ1n) is 9.46. The molecule has 2 amide bonds. The zero-order chi connectivity index (χ0) is 19.9. The summed E-state index contributed by atoms with van der Waals surface area (Å²) in [6.07, 6.45) is 2.01. The lowest BCUT2D eigenvalue weighted by atomic mass is 10.1. The molecule has 6 heteroatoms. The quantitative estimate of drug-likeness (QED) is 0.713. The molecule has 1 unspecified atom stereocenters. The van der Waals surface area contributed by atoms with Gasteiger partial charge >= 0.3 is 0 Å². The van der Waals surface area contributed by atoms with Gasteiger partial charge in [0, 0.05) is 31.3 Å². The third-order valence-electron chi connectivity index (χ3n) is 4.96. The van der Waals surface area contributed by atoms with Crippen molar-refractivity contribution in [3.05, 3.63) is 54.1 Å². The van der Waals surface area contributed by atoms with Crippen LogP contribution in [-0.4, -0.2) is 39.1 Å². The fraction of sp³-hybridized carbons (Fsp3) is 0.364. The molecule has 1 saturated heterocycles. The molecule has 1 atom stereocenters. The molecule has 0 bridgehead atoms. The highest BCUT2D eigenvalue weighted by Crippen LogP contribution is 2.34. The van der Waals surface area contributed by atoms with E-state index in [9.17, 15) is 9.59 Å². The minimum atomic E-state index is -0.336. The summed E-state index contributed by atoms with van der Waals surface area (Å²) in [5.74, 6) is 0.700. The average molecular weight is 382 g/mol. The van der Waals surface area contributed by atoms with Crippen molar-refractivity contribution in [2.75, 3.05) is 32.2 Å². The van der Waals surface area contributed by atoms with E-state index in [0.717, 1.165) is 12.8 Å². The van der Waals surface area contributed by atoms with Crippen molar-refractivity contribution in [3.8, 4) is 11.5 Å². The summed E-state index contributed by atoms with van der Waals surface area (Å²) in [7, 11) is 3.12. The van der Waals surface area contributed by atoms with Crippen LogP contribution in [-0.2, 0) is 16.0 Å². The lowest BCUT2D eigenvalue weighted by Gasteiger charge is -2.18. The average Bonchev–Trinajstić information content (AvgIpc) is 3.13. The Morgan fingerprint density at radius 3 is 2.57 bits per heavy atom. The zero-order valence-electron chi connectivity index (χ0n) is 16.3. The Morgan fingerprint density at radius 1 is 1.11 bits per heavy atom. The van der Waals surface area contributed by atoms with Crippen molar-refractivity contribution < 1.29 is 19.1 Å². The molecule has 0 spiro atoms. The van der Waals surface area contributed by atoms with Crippen LogP contribution in [0.15, 0.2) is 48.5 Å². The predicted octanol–water partition coefficient (Wildman–Crippen LogP) is 2.81. The molecule has 1 aliphatic rings. The third-order valence-corrected chi connectivity index (χ3v) is 4.96. The number of aryl methyl sites for hydroxylation is 1. The van der Waals surface area contributed by atoms with Gasteiger partial charge in [0.2, 0.25) is 11.8 Å². The highest BCUT2D eigenvalue weighted by atomic mass is 16.5. The second-order valence-corrected chi connectivity index (χ2v) is 6.82. The molecule has 1 N–H and O–H groups in total. The van der Waals surface area contributed by atoms with Gasteiger partial charge in [-0.2, -0.15) is 0 Å². The molecular formula is C22H26N2O4.